The van der Waals surface area contributed by atoms with Crippen molar-refractivity contribution in [3.05, 3.63) is 51.4 Å². The van der Waals surface area contributed by atoms with Crippen LogP contribution < -0.4 is 10.6 Å². The number of carbonyl (C=O) groups excluding carboxylic acids is 2. The van der Waals surface area contributed by atoms with Crippen LogP contribution in [0.25, 0.3) is 0 Å². The van der Waals surface area contributed by atoms with E-state index in [1.54, 1.807) is 24.3 Å². The topological polar surface area (TPSA) is 101 Å². The number of amides is 2. The van der Waals surface area contributed by atoms with Crippen LogP contribution in [0.2, 0.25) is 0 Å². The Kier molecular flexibility index (Phi) is 4.07. The highest BCUT2D eigenvalue weighted by Gasteiger charge is 2.29. The number of hydrogen-bond acceptors (Lipinski definition) is 5. The average Bonchev–Trinajstić information content (AvgIpc) is 3.25. The zero-order chi connectivity index (χ0) is 16.4. The lowest BCUT2D eigenvalue weighted by molar-refractivity contribution is -0.380. The summed E-state index contributed by atoms with van der Waals surface area (Å²) in [5.41, 5.74) is 1.22. The first kappa shape index (κ1) is 15.2. The molecule has 0 unspecified atom stereocenters. The quantitative estimate of drug-likeness (QED) is 0.648. The molecule has 3 rings (SSSR count). The summed E-state index contributed by atoms with van der Waals surface area (Å²) in [5, 5.41) is 16.0. The van der Waals surface area contributed by atoms with Gasteiger partial charge < -0.3 is 10.6 Å². The molecule has 0 bridgehead atoms. The fourth-order valence-corrected chi connectivity index (χ4v) is 2.68. The number of hydrogen-bond donors (Lipinski definition) is 2. The number of nitrogens with one attached hydrogen (secondary N) is 2. The maximum atomic E-state index is 12.0. The van der Waals surface area contributed by atoms with Gasteiger partial charge in [-0.3, -0.25) is 19.7 Å². The summed E-state index contributed by atoms with van der Waals surface area (Å²) in [7, 11) is 0. The van der Waals surface area contributed by atoms with Gasteiger partial charge in [0.15, 0.2) is 0 Å². The van der Waals surface area contributed by atoms with Crippen molar-refractivity contribution < 1.29 is 14.5 Å². The van der Waals surface area contributed by atoms with Gasteiger partial charge in [-0.15, -0.1) is 0 Å². The molecule has 1 aliphatic carbocycles. The minimum atomic E-state index is -0.529. The Morgan fingerprint density at radius 3 is 2.17 bits per heavy atom. The molecule has 0 atom stereocenters. The van der Waals surface area contributed by atoms with Crippen LogP contribution in [-0.2, 0) is 4.79 Å². The van der Waals surface area contributed by atoms with Gasteiger partial charge in [0.2, 0.25) is 5.91 Å². The lowest BCUT2D eigenvalue weighted by atomic mass is 10.2. The van der Waals surface area contributed by atoms with Gasteiger partial charge in [0.1, 0.15) is 0 Å². The molecule has 118 valence electrons. The molecule has 0 spiro atoms. The normalized spacial score (nSPS) is 13.4. The second kappa shape index (κ2) is 6.17. The number of anilines is 2. The SMILES string of the molecule is O=C(Nc1ccc(NC(=O)C2CC2)cc1)c1ccc([N+](=O)[O-])s1. The molecule has 1 aliphatic rings. The first-order valence-electron chi connectivity index (χ1n) is 6.99. The molecule has 2 amide bonds. The molecule has 1 aromatic carbocycles. The van der Waals surface area contributed by atoms with Crippen LogP contribution in [-0.4, -0.2) is 16.7 Å². The molecule has 0 aliphatic heterocycles. The molecule has 1 saturated carbocycles. The number of thiophene rings is 1. The zero-order valence-corrected chi connectivity index (χ0v) is 12.8. The molecule has 1 heterocycles. The van der Waals surface area contributed by atoms with Gasteiger partial charge in [0.25, 0.3) is 5.91 Å². The molecule has 2 aromatic rings. The minimum absolute atomic E-state index is 0.0210. The van der Waals surface area contributed by atoms with E-state index in [0.29, 0.717) is 11.4 Å². The third-order valence-corrected chi connectivity index (χ3v) is 4.39. The van der Waals surface area contributed by atoms with Gasteiger partial charge in [-0.25, -0.2) is 0 Å². The zero-order valence-electron chi connectivity index (χ0n) is 11.9. The van der Waals surface area contributed by atoms with Crippen molar-refractivity contribution in [1.29, 1.82) is 0 Å². The Balaban J connectivity index is 1.61. The van der Waals surface area contributed by atoms with Gasteiger partial charge in [-0.1, -0.05) is 11.3 Å². The van der Waals surface area contributed by atoms with Crippen LogP contribution >= 0.6 is 11.3 Å². The van der Waals surface area contributed by atoms with Crippen LogP contribution in [0.15, 0.2) is 36.4 Å². The highest BCUT2D eigenvalue weighted by molar-refractivity contribution is 7.17. The Labute approximate surface area is 135 Å². The molecular weight excluding hydrogens is 318 g/mol. The molecular formula is C15H13N3O4S. The number of nitrogens with zero attached hydrogens (tertiary/aromatic N) is 1. The Bertz CT molecular complexity index is 765. The maximum Gasteiger partial charge on any atom is 0.324 e. The highest BCUT2D eigenvalue weighted by atomic mass is 32.1. The Morgan fingerprint density at radius 1 is 1.04 bits per heavy atom. The smallest absolute Gasteiger partial charge is 0.324 e. The van der Waals surface area contributed by atoms with E-state index in [4.69, 9.17) is 0 Å². The van der Waals surface area contributed by atoms with E-state index in [1.165, 1.54) is 12.1 Å². The summed E-state index contributed by atoms with van der Waals surface area (Å²) in [6.45, 7) is 0. The molecule has 1 aromatic heterocycles. The summed E-state index contributed by atoms with van der Waals surface area (Å²) in [4.78, 5) is 34.0. The van der Waals surface area contributed by atoms with Crippen molar-refractivity contribution in [2.75, 3.05) is 10.6 Å². The van der Waals surface area contributed by atoms with Crippen LogP contribution in [0, 0.1) is 16.0 Å². The monoisotopic (exact) mass is 331 g/mol. The van der Waals surface area contributed by atoms with Gasteiger partial charge in [-0.05, 0) is 43.2 Å². The fraction of sp³-hybridized carbons (Fsp3) is 0.200. The third kappa shape index (κ3) is 3.72. The van der Waals surface area contributed by atoms with Crippen molar-refractivity contribution in [2.24, 2.45) is 5.92 Å². The molecule has 0 radical (unpaired) electrons. The predicted molar refractivity (Wildman–Crippen MR) is 86.7 cm³/mol. The minimum Gasteiger partial charge on any atom is -0.326 e. The van der Waals surface area contributed by atoms with Crippen molar-refractivity contribution in [2.45, 2.75) is 12.8 Å². The summed E-state index contributed by atoms with van der Waals surface area (Å²) in [5.74, 6) is -0.255. The first-order chi connectivity index (χ1) is 11.0. The molecule has 23 heavy (non-hydrogen) atoms. The van der Waals surface area contributed by atoms with Crippen molar-refractivity contribution in [1.82, 2.24) is 0 Å². The van der Waals surface area contributed by atoms with E-state index >= 15 is 0 Å². The molecule has 2 N–H and O–H groups in total. The van der Waals surface area contributed by atoms with E-state index in [9.17, 15) is 19.7 Å². The third-order valence-electron chi connectivity index (χ3n) is 3.35. The van der Waals surface area contributed by atoms with Gasteiger partial charge >= 0.3 is 5.00 Å². The molecule has 7 nitrogen and oxygen atoms in total. The van der Waals surface area contributed by atoms with Gasteiger partial charge in [-0.2, -0.15) is 0 Å². The van der Waals surface area contributed by atoms with E-state index in [0.717, 1.165) is 24.2 Å². The number of nitro groups is 1. The first-order valence-corrected chi connectivity index (χ1v) is 7.81. The lowest BCUT2D eigenvalue weighted by Gasteiger charge is -2.06. The summed E-state index contributed by atoms with van der Waals surface area (Å²) < 4.78 is 0. The van der Waals surface area contributed by atoms with E-state index < -0.39 is 10.8 Å². The number of benzene rings is 1. The van der Waals surface area contributed by atoms with Crippen molar-refractivity contribution in [3.63, 3.8) is 0 Å². The standard InChI is InChI=1S/C15H13N3O4S/c19-14(9-1-2-9)16-10-3-5-11(6-4-10)17-15(20)12-7-8-13(23-12)18(21)22/h3-9H,1-2H2,(H,16,19)(H,17,20). The van der Waals surface area contributed by atoms with E-state index in [2.05, 4.69) is 10.6 Å². The van der Waals surface area contributed by atoms with E-state index in [1.807, 2.05) is 0 Å². The van der Waals surface area contributed by atoms with Crippen LogP contribution in [0.1, 0.15) is 22.5 Å². The number of carbonyl (C=O) groups is 2. The summed E-state index contributed by atoms with van der Waals surface area (Å²) in [6.07, 6.45) is 1.87. The van der Waals surface area contributed by atoms with Crippen LogP contribution in [0.3, 0.4) is 0 Å². The highest BCUT2D eigenvalue weighted by Crippen LogP contribution is 2.30. The van der Waals surface area contributed by atoms with E-state index in [-0.39, 0.29) is 21.7 Å². The maximum absolute atomic E-state index is 12.0. The molecule has 1 fully saturated rings. The molecule has 0 saturated heterocycles. The Morgan fingerprint density at radius 2 is 1.65 bits per heavy atom. The van der Waals surface area contributed by atoms with Crippen molar-refractivity contribution in [3.8, 4) is 0 Å². The fourth-order valence-electron chi connectivity index (χ4n) is 1.97. The molecule has 8 heteroatoms. The second-order valence-corrected chi connectivity index (χ2v) is 6.25. The largest absolute Gasteiger partial charge is 0.326 e. The van der Waals surface area contributed by atoms with Crippen LogP contribution in [0.4, 0.5) is 16.4 Å². The van der Waals surface area contributed by atoms with Crippen molar-refractivity contribution >= 4 is 39.5 Å². The Hall–Kier alpha value is -2.74. The van der Waals surface area contributed by atoms with Gasteiger partial charge in [0.05, 0.1) is 9.80 Å². The second-order valence-electron chi connectivity index (χ2n) is 5.19. The lowest BCUT2D eigenvalue weighted by Crippen LogP contribution is -2.13. The van der Waals surface area contributed by atoms with Crippen LogP contribution in [0.5, 0.6) is 0 Å². The predicted octanol–water partition coefficient (Wildman–Crippen LogP) is 3.26. The van der Waals surface area contributed by atoms with Gasteiger partial charge in [0, 0.05) is 23.4 Å². The summed E-state index contributed by atoms with van der Waals surface area (Å²) in [6, 6.07) is 9.46. The number of rotatable bonds is 5. The summed E-state index contributed by atoms with van der Waals surface area (Å²) >= 11 is 0.822. The average molecular weight is 331 g/mol.